The summed E-state index contributed by atoms with van der Waals surface area (Å²) in [4.78, 5) is 8.96. The van der Waals surface area contributed by atoms with E-state index in [0.717, 1.165) is 34.4 Å². The van der Waals surface area contributed by atoms with E-state index in [9.17, 15) is 0 Å². The molecule has 4 nitrogen and oxygen atoms in total. The van der Waals surface area contributed by atoms with Crippen LogP contribution in [-0.2, 0) is 0 Å². The minimum absolute atomic E-state index is 0.0867. The topological polar surface area (TPSA) is 41.4 Å². The molecule has 1 atom stereocenters. The van der Waals surface area contributed by atoms with Crippen LogP contribution in [0.2, 0.25) is 0 Å². The highest BCUT2D eigenvalue weighted by Gasteiger charge is 2.30. The average molecular weight is 441 g/mol. The highest BCUT2D eigenvalue weighted by Crippen LogP contribution is 2.38. The summed E-state index contributed by atoms with van der Waals surface area (Å²) < 4.78 is 0. The van der Waals surface area contributed by atoms with E-state index in [0.29, 0.717) is 0 Å². The van der Waals surface area contributed by atoms with E-state index >= 15 is 0 Å². The van der Waals surface area contributed by atoms with E-state index in [2.05, 4.69) is 113 Å². The maximum absolute atomic E-state index is 5.16. The lowest BCUT2D eigenvalue weighted by atomic mass is 9.95. The Labute approximate surface area is 199 Å². The molecule has 0 saturated carbocycles. The predicted octanol–water partition coefficient (Wildman–Crippen LogP) is 6.96. The van der Waals surface area contributed by atoms with Gasteiger partial charge in [-0.1, -0.05) is 66.7 Å². The Hall–Kier alpha value is -4.31. The van der Waals surface area contributed by atoms with Gasteiger partial charge in [-0.05, 0) is 65.1 Å². The maximum Gasteiger partial charge on any atom is 0.0890 e. The summed E-state index contributed by atoms with van der Waals surface area (Å²) in [6.07, 6.45) is 4.30. The third-order valence-electron chi connectivity index (χ3n) is 6.36. The van der Waals surface area contributed by atoms with Crippen LogP contribution in [-0.4, -0.2) is 15.7 Å². The molecule has 0 N–H and O–H groups in total. The first-order chi connectivity index (χ1) is 16.7. The Bertz CT molecular complexity index is 1510. The van der Waals surface area contributed by atoms with Gasteiger partial charge in [-0.25, -0.2) is 0 Å². The van der Waals surface area contributed by atoms with Gasteiger partial charge in [0.2, 0.25) is 0 Å². The number of nitrogens with zero attached hydrogens (tertiary/aromatic N) is 4. The summed E-state index contributed by atoms with van der Waals surface area (Å²) in [7, 11) is 0. The summed E-state index contributed by atoms with van der Waals surface area (Å²) in [5.41, 5.74) is 9.97. The van der Waals surface area contributed by atoms with Gasteiger partial charge in [0.15, 0.2) is 0 Å². The van der Waals surface area contributed by atoms with E-state index in [1.807, 2.05) is 6.07 Å². The van der Waals surface area contributed by atoms with E-state index in [1.54, 1.807) is 12.4 Å². The summed E-state index contributed by atoms with van der Waals surface area (Å²) in [5.74, 6) is 0. The number of aromatic nitrogens is 2. The zero-order valence-electron chi connectivity index (χ0n) is 19.0. The number of anilines is 1. The molecule has 6 rings (SSSR count). The molecule has 1 aromatic heterocycles. The Morgan fingerprint density at radius 1 is 0.676 bits per heavy atom. The van der Waals surface area contributed by atoms with Crippen LogP contribution in [0.1, 0.15) is 29.2 Å². The Morgan fingerprint density at radius 2 is 1.44 bits per heavy atom. The lowest BCUT2D eigenvalue weighted by Crippen LogP contribution is -2.18. The first-order valence-electron chi connectivity index (χ1n) is 11.5. The molecular weight excluding hydrogens is 416 g/mol. The van der Waals surface area contributed by atoms with Gasteiger partial charge >= 0.3 is 0 Å². The molecule has 5 aromatic rings. The van der Waals surface area contributed by atoms with E-state index < -0.39 is 0 Å². The fraction of sp³-hybridized carbons (Fsp3) is 0.100. The molecular formula is C30H24N4. The third kappa shape index (κ3) is 3.84. The van der Waals surface area contributed by atoms with E-state index in [4.69, 9.17) is 5.10 Å². The molecule has 0 amide bonds. The molecule has 0 aliphatic carbocycles. The van der Waals surface area contributed by atoms with Crippen LogP contribution in [0.5, 0.6) is 0 Å². The van der Waals surface area contributed by atoms with Gasteiger partial charge < -0.3 is 0 Å². The van der Waals surface area contributed by atoms with Gasteiger partial charge in [0.05, 0.1) is 28.5 Å². The molecule has 2 heterocycles. The predicted molar refractivity (Wildman–Crippen MR) is 139 cm³/mol. The van der Waals surface area contributed by atoms with Crippen LogP contribution >= 0.6 is 0 Å². The van der Waals surface area contributed by atoms with Crippen molar-refractivity contribution >= 4 is 22.4 Å². The largest absolute Gasteiger partial charge is 0.257 e. The summed E-state index contributed by atoms with van der Waals surface area (Å²) in [6.45, 7) is 2.12. The van der Waals surface area contributed by atoms with Gasteiger partial charge in [-0.2, -0.15) is 5.10 Å². The molecule has 1 aliphatic rings. The third-order valence-corrected chi connectivity index (χ3v) is 6.36. The lowest BCUT2D eigenvalue weighted by molar-refractivity contribution is 0.709. The molecule has 0 saturated heterocycles. The highest BCUT2D eigenvalue weighted by atomic mass is 15.5. The maximum atomic E-state index is 5.16. The molecule has 0 radical (unpaired) electrons. The fourth-order valence-electron chi connectivity index (χ4n) is 4.65. The van der Waals surface area contributed by atoms with Crippen LogP contribution in [0.25, 0.3) is 22.2 Å². The van der Waals surface area contributed by atoms with E-state index in [1.165, 1.54) is 22.3 Å². The Morgan fingerprint density at radius 3 is 2.29 bits per heavy atom. The van der Waals surface area contributed by atoms with Gasteiger partial charge in [-0.3, -0.25) is 15.0 Å². The monoisotopic (exact) mass is 440 g/mol. The molecule has 0 spiro atoms. The zero-order valence-corrected chi connectivity index (χ0v) is 19.0. The van der Waals surface area contributed by atoms with Crippen molar-refractivity contribution in [2.75, 3.05) is 5.01 Å². The van der Waals surface area contributed by atoms with Crippen molar-refractivity contribution in [2.45, 2.75) is 19.4 Å². The van der Waals surface area contributed by atoms with Gasteiger partial charge in [0, 0.05) is 18.8 Å². The minimum Gasteiger partial charge on any atom is -0.257 e. The number of fused-ring (bicyclic) bond motifs is 1. The molecule has 1 aliphatic heterocycles. The van der Waals surface area contributed by atoms with Crippen molar-refractivity contribution in [3.05, 3.63) is 126 Å². The van der Waals surface area contributed by atoms with Crippen molar-refractivity contribution < 1.29 is 0 Å². The average Bonchev–Trinajstić information content (AvgIpc) is 3.35. The highest BCUT2D eigenvalue weighted by molar-refractivity contribution is 6.04. The molecule has 4 aromatic carbocycles. The number of aryl methyl sites for hydroxylation is 1. The molecule has 4 heteroatoms. The van der Waals surface area contributed by atoms with E-state index in [-0.39, 0.29) is 6.04 Å². The second-order valence-electron chi connectivity index (χ2n) is 8.70. The van der Waals surface area contributed by atoms with Crippen molar-refractivity contribution in [2.24, 2.45) is 5.10 Å². The first kappa shape index (κ1) is 20.3. The van der Waals surface area contributed by atoms with Gasteiger partial charge in [0.1, 0.15) is 0 Å². The summed E-state index contributed by atoms with van der Waals surface area (Å²) in [5, 5.41) is 7.32. The first-order valence-corrected chi connectivity index (χ1v) is 11.5. The van der Waals surface area contributed by atoms with Gasteiger partial charge in [-0.15, -0.1) is 0 Å². The van der Waals surface area contributed by atoms with Crippen LogP contribution in [0.15, 0.2) is 115 Å². The Balaban J connectivity index is 1.42. The SMILES string of the molecule is Cc1cccc(N2N=C(c3cccc(-c4ccccc4)c3)CC2c2ccc3nccnc3c2)c1. The van der Waals surface area contributed by atoms with Crippen molar-refractivity contribution in [1.82, 2.24) is 9.97 Å². The number of hydrazone groups is 1. The molecule has 0 bridgehead atoms. The number of hydrogen-bond donors (Lipinski definition) is 0. The number of hydrogen-bond acceptors (Lipinski definition) is 4. The molecule has 34 heavy (non-hydrogen) atoms. The number of benzene rings is 4. The molecule has 164 valence electrons. The summed E-state index contributed by atoms with van der Waals surface area (Å²) in [6, 6.07) is 34.2. The minimum atomic E-state index is 0.0867. The zero-order chi connectivity index (χ0) is 22.9. The van der Waals surface area contributed by atoms with Crippen molar-refractivity contribution in [3.8, 4) is 11.1 Å². The quantitative estimate of drug-likeness (QED) is 0.303. The standard InChI is InChI=1S/C30H24N4/c1-21-7-5-12-26(17-21)34-30(25-13-14-27-29(19-25)32-16-15-31-27)20-28(33-34)24-11-6-10-23(18-24)22-8-3-2-4-9-22/h2-19,30H,20H2,1H3. The normalized spacial score (nSPS) is 15.5. The molecule has 0 fully saturated rings. The summed E-state index contributed by atoms with van der Waals surface area (Å²) >= 11 is 0. The van der Waals surface area contributed by atoms with Crippen LogP contribution in [0, 0.1) is 6.92 Å². The smallest absolute Gasteiger partial charge is 0.0890 e. The van der Waals surface area contributed by atoms with Gasteiger partial charge in [0.25, 0.3) is 0 Å². The fourth-order valence-corrected chi connectivity index (χ4v) is 4.65. The van der Waals surface area contributed by atoms with Crippen molar-refractivity contribution in [1.29, 1.82) is 0 Å². The van der Waals surface area contributed by atoms with Crippen LogP contribution in [0.3, 0.4) is 0 Å². The Kier molecular flexibility index (Phi) is 5.11. The second kappa shape index (κ2) is 8.56. The lowest BCUT2D eigenvalue weighted by Gasteiger charge is -2.24. The second-order valence-corrected chi connectivity index (χ2v) is 8.70. The van der Waals surface area contributed by atoms with Crippen LogP contribution < -0.4 is 5.01 Å². The van der Waals surface area contributed by atoms with Crippen LogP contribution in [0.4, 0.5) is 5.69 Å². The van der Waals surface area contributed by atoms with Crippen molar-refractivity contribution in [3.63, 3.8) is 0 Å². The molecule has 1 unspecified atom stereocenters. The number of rotatable bonds is 4.